The largest absolute Gasteiger partial charge is 0.493 e. The van der Waals surface area contributed by atoms with Gasteiger partial charge in [-0.1, -0.05) is 6.07 Å². The van der Waals surface area contributed by atoms with Crippen molar-refractivity contribution in [2.45, 2.75) is 38.5 Å². The van der Waals surface area contributed by atoms with E-state index in [1.807, 2.05) is 11.4 Å². The van der Waals surface area contributed by atoms with Gasteiger partial charge in [-0.2, -0.15) is 20.1 Å². The fourth-order valence-corrected chi connectivity index (χ4v) is 5.03. The third-order valence-electron chi connectivity index (χ3n) is 6.38. The van der Waals surface area contributed by atoms with Gasteiger partial charge in [0.15, 0.2) is 11.5 Å². The number of esters is 1. The van der Waals surface area contributed by atoms with Gasteiger partial charge in [0.2, 0.25) is 17.8 Å². The highest BCUT2D eigenvalue weighted by Crippen LogP contribution is 2.29. The highest BCUT2D eigenvalue weighted by atomic mass is 32.1. The van der Waals surface area contributed by atoms with E-state index in [-0.39, 0.29) is 0 Å². The highest BCUT2D eigenvalue weighted by molar-refractivity contribution is 7.12. The molecule has 0 radical (unpaired) electrons. The third-order valence-corrected chi connectivity index (χ3v) is 7.23. The second kappa shape index (κ2) is 12.0. The predicted octanol–water partition coefficient (Wildman–Crippen LogP) is 4.59. The van der Waals surface area contributed by atoms with Crippen LogP contribution in [-0.4, -0.2) is 60.4 Å². The van der Waals surface area contributed by atoms with Gasteiger partial charge in [0, 0.05) is 26.2 Å². The molecule has 3 aromatic rings. The molecule has 2 aromatic heterocycles. The molecular weight excluding hydrogens is 490 g/mol. The van der Waals surface area contributed by atoms with E-state index in [1.54, 1.807) is 30.5 Å². The quantitative estimate of drug-likeness (QED) is 0.197. The Morgan fingerprint density at radius 2 is 1.62 bits per heavy atom. The van der Waals surface area contributed by atoms with Crippen LogP contribution < -0.4 is 24.7 Å². The number of benzene rings is 1. The first-order chi connectivity index (χ1) is 18.2. The summed E-state index contributed by atoms with van der Waals surface area (Å²) in [5, 5.41) is 6.20. The number of nitrogens with zero attached hydrogens (tertiary/aromatic N) is 6. The molecule has 1 N–H and O–H groups in total. The minimum Gasteiger partial charge on any atom is -0.493 e. The Morgan fingerprint density at radius 3 is 2.22 bits per heavy atom. The highest BCUT2D eigenvalue weighted by Gasteiger charge is 2.20. The van der Waals surface area contributed by atoms with E-state index < -0.39 is 5.97 Å². The number of carbonyl (C=O) groups is 1. The molecule has 2 saturated heterocycles. The number of aromatic nitrogens is 3. The number of hydrogen-bond donors (Lipinski definition) is 1. The average Bonchev–Trinajstić information content (AvgIpc) is 3.50. The standard InChI is InChI=1S/C26H31N7O3S/c1-35-21-17-19(10-11-20(21)36-23(34)22-9-8-16-37-22)18-27-31-24-28-25(32-12-4-2-5-13-32)30-26(29-24)33-14-6-3-7-15-33/h8-11,16-18H,2-7,12-15H2,1H3,(H,28,29,30,31)/b27-18+. The van der Waals surface area contributed by atoms with Crippen molar-refractivity contribution in [1.82, 2.24) is 15.0 Å². The smallest absolute Gasteiger partial charge is 0.353 e. The second-order valence-corrected chi connectivity index (χ2v) is 9.95. The van der Waals surface area contributed by atoms with Gasteiger partial charge in [-0.05, 0) is 73.7 Å². The number of rotatable bonds is 8. The third kappa shape index (κ3) is 6.34. The first-order valence-electron chi connectivity index (χ1n) is 12.7. The van der Waals surface area contributed by atoms with Crippen molar-refractivity contribution in [2.75, 3.05) is 48.5 Å². The predicted molar refractivity (Wildman–Crippen MR) is 145 cm³/mol. The molecule has 1 aromatic carbocycles. The van der Waals surface area contributed by atoms with Gasteiger partial charge < -0.3 is 19.3 Å². The lowest BCUT2D eigenvalue weighted by molar-refractivity contribution is 0.0735. The van der Waals surface area contributed by atoms with Gasteiger partial charge in [0.1, 0.15) is 4.88 Å². The Balaban J connectivity index is 1.31. The van der Waals surface area contributed by atoms with E-state index in [0.29, 0.717) is 34.2 Å². The molecule has 194 valence electrons. The number of anilines is 3. The second-order valence-electron chi connectivity index (χ2n) is 9.00. The molecule has 2 aliphatic rings. The van der Waals surface area contributed by atoms with Crippen LogP contribution in [0, 0.1) is 0 Å². The van der Waals surface area contributed by atoms with E-state index in [1.165, 1.54) is 31.3 Å². The van der Waals surface area contributed by atoms with Crippen LogP contribution >= 0.6 is 11.3 Å². The Kier molecular flexibility index (Phi) is 8.09. The lowest BCUT2D eigenvalue weighted by atomic mass is 10.1. The number of nitrogens with one attached hydrogen (secondary N) is 1. The zero-order chi connectivity index (χ0) is 25.5. The van der Waals surface area contributed by atoms with Crippen LogP contribution in [0.5, 0.6) is 11.5 Å². The molecule has 0 amide bonds. The Labute approximate surface area is 220 Å². The molecule has 10 nitrogen and oxygen atoms in total. The molecule has 11 heteroatoms. The molecule has 0 unspecified atom stereocenters. The molecular formula is C26H31N7O3S. The van der Waals surface area contributed by atoms with E-state index in [2.05, 4.69) is 30.3 Å². The molecule has 0 aliphatic carbocycles. The molecule has 0 bridgehead atoms. The Hall–Kier alpha value is -3.73. The van der Waals surface area contributed by atoms with E-state index in [9.17, 15) is 4.79 Å². The van der Waals surface area contributed by atoms with Crippen LogP contribution in [0.3, 0.4) is 0 Å². The summed E-state index contributed by atoms with van der Waals surface area (Å²) in [4.78, 5) is 31.4. The molecule has 4 heterocycles. The van der Waals surface area contributed by atoms with Crippen LogP contribution in [0.25, 0.3) is 0 Å². The first kappa shape index (κ1) is 24.9. The number of methoxy groups -OCH3 is 1. The first-order valence-corrected chi connectivity index (χ1v) is 13.6. The van der Waals surface area contributed by atoms with Crippen LogP contribution in [0.2, 0.25) is 0 Å². The number of thiophene rings is 1. The van der Waals surface area contributed by atoms with Gasteiger partial charge in [0.05, 0.1) is 13.3 Å². The van der Waals surface area contributed by atoms with Crippen molar-refractivity contribution in [3.05, 3.63) is 46.2 Å². The number of hydrazone groups is 1. The van der Waals surface area contributed by atoms with Crippen molar-refractivity contribution in [3.8, 4) is 11.5 Å². The summed E-state index contributed by atoms with van der Waals surface area (Å²) in [6, 6.07) is 8.78. The molecule has 37 heavy (non-hydrogen) atoms. The maximum absolute atomic E-state index is 12.3. The van der Waals surface area contributed by atoms with E-state index in [4.69, 9.17) is 14.5 Å². The van der Waals surface area contributed by atoms with Crippen molar-refractivity contribution in [3.63, 3.8) is 0 Å². The van der Waals surface area contributed by atoms with Gasteiger partial charge in [-0.25, -0.2) is 10.2 Å². The summed E-state index contributed by atoms with van der Waals surface area (Å²) in [6.07, 6.45) is 8.71. The number of hydrogen-bond acceptors (Lipinski definition) is 11. The van der Waals surface area contributed by atoms with Crippen molar-refractivity contribution < 1.29 is 14.3 Å². The normalized spacial score (nSPS) is 16.1. The lowest BCUT2D eigenvalue weighted by Gasteiger charge is -2.30. The van der Waals surface area contributed by atoms with Gasteiger partial charge in [0.25, 0.3) is 0 Å². The van der Waals surface area contributed by atoms with Crippen molar-refractivity contribution >= 4 is 41.4 Å². The van der Waals surface area contributed by atoms with Crippen LogP contribution in [0.4, 0.5) is 17.8 Å². The van der Waals surface area contributed by atoms with E-state index >= 15 is 0 Å². The van der Waals surface area contributed by atoms with Crippen molar-refractivity contribution in [2.24, 2.45) is 5.10 Å². The summed E-state index contributed by atoms with van der Waals surface area (Å²) >= 11 is 1.33. The van der Waals surface area contributed by atoms with E-state index in [0.717, 1.165) is 57.4 Å². The average molecular weight is 522 g/mol. The summed E-state index contributed by atoms with van der Waals surface area (Å²) in [6.45, 7) is 3.81. The maximum Gasteiger partial charge on any atom is 0.353 e. The molecule has 0 saturated carbocycles. The van der Waals surface area contributed by atoms with Crippen molar-refractivity contribution in [1.29, 1.82) is 0 Å². The molecule has 0 spiro atoms. The minimum absolute atomic E-state index is 0.348. The SMILES string of the molecule is COc1cc(/C=N/Nc2nc(N3CCCCC3)nc(N3CCCCC3)n2)ccc1OC(=O)c1cccs1. The summed E-state index contributed by atoms with van der Waals surface area (Å²) in [5.41, 5.74) is 3.75. The van der Waals surface area contributed by atoms with Gasteiger partial charge in [-0.15, -0.1) is 11.3 Å². The topological polar surface area (TPSA) is 105 Å². The fourth-order valence-electron chi connectivity index (χ4n) is 4.43. The monoisotopic (exact) mass is 521 g/mol. The number of piperidine rings is 2. The fraction of sp³-hybridized carbons (Fsp3) is 0.423. The zero-order valence-electron chi connectivity index (χ0n) is 20.9. The maximum atomic E-state index is 12.3. The summed E-state index contributed by atoms with van der Waals surface area (Å²) in [5.74, 6) is 2.19. The summed E-state index contributed by atoms with van der Waals surface area (Å²) in [7, 11) is 1.53. The minimum atomic E-state index is -0.416. The zero-order valence-corrected chi connectivity index (χ0v) is 21.7. The summed E-state index contributed by atoms with van der Waals surface area (Å²) < 4.78 is 10.9. The Morgan fingerprint density at radius 1 is 0.946 bits per heavy atom. The number of ether oxygens (including phenoxy) is 2. The Bertz CT molecular complexity index is 1190. The molecule has 0 atom stereocenters. The number of carbonyl (C=O) groups excluding carboxylic acids is 1. The van der Waals surface area contributed by atoms with Crippen LogP contribution in [0.15, 0.2) is 40.8 Å². The lowest BCUT2D eigenvalue weighted by Crippen LogP contribution is -2.34. The van der Waals surface area contributed by atoms with Crippen LogP contribution in [0.1, 0.15) is 53.8 Å². The van der Waals surface area contributed by atoms with Crippen LogP contribution in [-0.2, 0) is 0 Å². The molecule has 5 rings (SSSR count). The van der Waals surface area contributed by atoms with Gasteiger partial charge in [-0.3, -0.25) is 0 Å². The molecule has 2 aliphatic heterocycles. The van der Waals surface area contributed by atoms with Gasteiger partial charge >= 0.3 is 5.97 Å². The molecule has 2 fully saturated rings.